The van der Waals surface area contributed by atoms with Crippen LogP contribution < -0.4 is 15.0 Å². The Morgan fingerprint density at radius 2 is 1.92 bits per heavy atom. The number of halogens is 1. The Bertz CT molecular complexity index is 1670. The molecule has 0 radical (unpaired) electrons. The second-order valence-corrected chi connectivity index (χ2v) is 9.26. The molecule has 39 heavy (non-hydrogen) atoms. The van der Waals surface area contributed by atoms with Crippen LogP contribution in [0.1, 0.15) is 37.6 Å². The van der Waals surface area contributed by atoms with Gasteiger partial charge in [-0.25, -0.2) is 9.97 Å². The van der Waals surface area contributed by atoms with Gasteiger partial charge in [-0.2, -0.15) is 9.78 Å². The topological polar surface area (TPSA) is 165 Å². The number of aromatic nitrogens is 3. The molecule has 0 aliphatic rings. The van der Waals surface area contributed by atoms with Gasteiger partial charge in [0.1, 0.15) is 12.0 Å². The van der Waals surface area contributed by atoms with Crippen molar-refractivity contribution in [1.82, 2.24) is 14.6 Å². The smallest absolute Gasteiger partial charge is 0.316 e. The molecule has 0 amide bonds. The molecule has 0 aliphatic carbocycles. The van der Waals surface area contributed by atoms with Crippen molar-refractivity contribution in [2.45, 2.75) is 26.2 Å². The molecule has 0 unspecified atom stereocenters. The molecule has 0 bridgehead atoms. The maximum atomic E-state index is 13.4. The molecule has 2 aromatic carbocycles. The first kappa shape index (κ1) is 27.3. The van der Waals surface area contributed by atoms with Gasteiger partial charge in [-0.05, 0) is 30.7 Å². The number of nitro benzene ring substituents is 1. The van der Waals surface area contributed by atoms with E-state index in [1.807, 2.05) is 13.8 Å². The van der Waals surface area contributed by atoms with E-state index in [1.54, 1.807) is 18.2 Å². The van der Waals surface area contributed by atoms with Crippen molar-refractivity contribution in [2.75, 3.05) is 7.11 Å². The highest BCUT2D eigenvalue weighted by atomic mass is 79.9. The molecule has 0 saturated heterocycles. The molecular weight excluding hydrogens is 576 g/mol. The highest BCUT2D eigenvalue weighted by Crippen LogP contribution is 2.40. The predicted molar refractivity (Wildman–Crippen MR) is 146 cm³/mol. The summed E-state index contributed by atoms with van der Waals surface area (Å²) in [5.41, 5.74) is -0.343. The minimum Gasteiger partial charge on any atom is -0.493 e. The van der Waals surface area contributed by atoms with Crippen LogP contribution in [0.2, 0.25) is 0 Å². The van der Waals surface area contributed by atoms with E-state index in [2.05, 4.69) is 31.0 Å². The first-order valence-electron chi connectivity index (χ1n) is 11.5. The van der Waals surface area contributed by atoms with Crippen LogP contribution in [0.4, 0.5) is 11.4 Å². The van der Waals surface area contributed by atoms with Gasteiger partial charge in [0.25, 0.3) is 11.2 Å². The molecule has 0 N–H and O–H groups in total. The SMILES string of the molecule is CC[C@H](C)c1nc2ccc(Br)cc2c(=O)n1N=Cc1cc(OC)c(Oc2ccc([N+](=O)[O-])cn2)c([N+](=O)[O-])c1. The number of hydrogen-bond donors (Lipinski definition) is 0. The Hall–Kier alpha value is -4.72. The summed E-state index contributed by atoms with van der Waals surface area (Å²) in [7, 11) is 1.30. The van der Waals surface area contributed by atoms with Gasteiger partial charge in [0.2, 0.25) is 11.6 Å². The largest absolute Gasteiger partial charge is 0.493 e. The zero-order chi connectivity index (χ0) is 28.3. The molecule has 0 saturated carbocycles. The second-order valence-electron chi connectivity index (χ2n) is 8.34. The third-order valence-corrected chi connectivity index (χ3v) is 6.31. The lowest BCUT2D eigenvalue weighted by atomic mass is 10.1. The van der Waals surface area contributed by atoms with Crippen molar-refractivity contribution in [1.29, 1.82) is 0 Å². The zero-order valence-corrected chi connectivity index (χ0v) is 22.5. The van der Waals surface area contributed by atoms with E-state index < -0.39 is 21.1 Å². The number of methoxy groups -OCH3 is 1. The lowest BCUT2D eigenvalue weighted by molar-refractivity contribution is -0.385. The number of hydrogen-bond acceptors (Lipinski definition) is 10. The fourth-order valence-corrected chi connectivity index (χ4v) is 3.98. The standard InChI is InChI=1S/C25H21BrN6O7/c1-4-14(2)24-29-19-7-5-16(26)11-18(19)25(33)30(24)28-12-15-9-20(32(36)37)23(21(10-15)38-3)39-22-8-6-17(13-27-22)31(34)35/h5-14H,4H2,1-3H3/t14-/m0/s1. The molecule has 1 atom stereocenters. The number of rotatable bonds is 9. The summed E-state index contributed by atoms with van der Waals surface area (Å²) in [6.45, 7) is 3.88. The van der Waals surface area contributed by atoms with Gasteiger partial charge in [-0.15, -0.1) is 0 Å². The van der Waals surface area contributed by atoms with Gasteiger partial charge < -0.3 is 9.47 Å². The number of benzene rings is 2. The molecule has 4 rings (SSSR count). The second kappa shape index (κ2) is 11.3. The number of nitrogens with zero attached hydrogens (tertiary/aromatic N) is 6. The minimum atomic E-state index is -0.674. The van der Waals surface area contributed by atoms with Crippen LogP contribution in [-0.2, 0) is 0 Å². The molecule has 200 valence electrons. The van der Waals surface area contributed by atoms with Crippen LogP contribution in [0.15, 0.2) is 63.0 Å². The van der Waals surface area contributed by atoms with Gasteiger partial charge in [-0.3, -0.25) is 25.0 Å². The average molecular weight is 597 g/mol. The summed E-state index contributed by atoms with van der Waals surface area (Å²) < 4.78 is 12.8. The zero-order valence-electron chi connectivity index (χ0n) is 20.9. The summed E-state index contributed by atoms with van der Waals surface area (Å²) >= 11 is 3.37. The van der Waals surface area contributed by atoms with Crippen molar-refractivity contribution in [3.63, 3.8) is 0 Å². The summed E-state index contributed by atoms with van der Waals surface area (Å²) in [6.07, 6.45) is 2.96. The Kier molecular flexibility index (Phi) is 7.95. The molecule has 13 nitrogen and oxygen atoms in total. The van der Waals surface area contributed by atoms with Crippen LogP contribution in [-0.4, -0.2) is 37.8 Å². The Balaban J connectivity index is 1.79. The van der Waals surface area contributed by atoms with Crippen LogP contribution in [0, 0.1) is 20.2 Å². The van der Waals surface area contributed by atoms with Crippen molar-refractivity contribution in [3.8, 4) is 17.4 Å². The van der Waals surface area contributed by atoms with E-state index in [0.717, 1.165) is 12.3 Å². The Morgan fingerprint density at radius 1 is 1.15 bits per heavy atom. The van der Waals surface area contributed by atoms with Crippen LogP contribution in [0.25, 0.3) is 10.9 Å². The normalized spacial score (nSPS) is 12.0. The van der Waals surface area contributed by atoms with Crippen molar-refractivity contribution < 1.29 is 19.3 Å². The van der Waals surface area contributed by atoms with E-state index in [1.165, 1.54) is 36.2 Å². The van der Waals surface area contributed by atoms with Crippen LogP contribution in [0.3, 0.4) is 0 Å². The van der Waals surface area contributed by atoms with Gasteiger partial charge in [0, 0.05) is 34.2 Å². The summed E-state index contributed by atoms with van der Waals surface area (Å²) in [4.78, 5) is 43.3. The van der Waals surface area contributed by atoms with Gasteiger partial charge >= 0.3 is 5.69 Å². The van der Waals surface area contributed by atoms with E-state index in [4.69, 9.17) is 9.47 Å². The molecule has 0 spiro atoms. The van der Waals surface area contributed by atoms with E-state index >= 15 is 0 Å². The molecular formula is C25H21BrN6O7. The molecule has 0 fully saturated rings. The maximum Gasteiger partial charge on any atom is 0.316 e. The van der Waals surface area contributed by atoms with Gasteiger partial charge in [0.15, 0.2) is 5.75 Å². The van der Waals surface area contributed by atoms with Crippen molar-refractivity contribution >= 4 is 44.4 Å². The summed E-state index contributed by atoms with van der Waals surface area (Å²) in [5.74, 6) is -0.0332. The Labute approximate surface area is 229 Å². The monoisotopic (exact) mass is 596 g/mol. The van der Waals surface area contributed by atoms with E-state index in [0.29, 0.717) is 27.6 Å². The van der Waals surface area contributed by atoms with E-state index in [9.17, 15) is 25.0 Å². The summed E-state index contributed by atoms with van der Waals surface area (Å²) in [5, 5.41) is 27.5. The summed E-state index contributed by atoms with van der Waals surface area (Å²) in [6, 6.07) is 10.2. The lowest BCUT2D eigenvalue weighted by Crippen LogP contribution is -2.23. The number of fused-ring (bicyclic) bond motifs is 1. The first-order chi connectivity index (χ1) is 18.6. The van der Waals surface area contributed by atoms with Crippen molar-refractivity contribution in [3.05, 3.63) is 95.1 Å². The fraction of sp³-hybridized carbons (Fsp3) is 0.200. The van der Waals surface area contributed by atoms with Crippen LogP contribution >= 0.6 is 15.9 Å². The minimum absolute atomic E-state index is 0.0131. The number of nitro groups is 2. The fourth-order valence-electron chi connectivity index (χ4n) is 3.62. The maximum absolute atomic E-state index is 13.4. The molecule has 14 heteroatoms. The highest BCUT2D eigenvalue weighted by molar-refractivity contribution is 9.10. The highest BCUT2D eigenvalue weighted by Gasteiger charge is 2.24. The third-order valence-electron chi connectivity index (χ3n) is 5.82. The molecule has 4 aromatic rings. The average Bonchev–Trinajstić information content (AvgIpc) is 2.92. The Morgan fingerprint density at radius 3 is 2.54 bits per heavy atom. The van der Waals surface area contributed by atoms with E-state index in [-0.39, 0.29) is 34.5 Å². The van der Waals surface area contributed by atoms with Gasteiger partial charge in [-0.1, -0.05) is 29.8 Å². The third kappa shape index (κ3) is 5.75. The lowest BCUT2D eigenvalue weighted by Gasteiger charge is -2.14. The number of ether oxygens (including phenoxy) is 2. The predicted octanol–water partition coefficient (Wildman–Crippen LogP) is 5.57. The first-order valence-corrected chi connectivity index (χ1v) is 12.3. The van der Waals surface area contributed by atoms with Crippen molar-refractivity contribution in [2.24, 2.45) is 5.10 Å². The molecule has 0 aliphatic heterocycles. The molecule has 2 aromatic heterocycles. The van der Waals surface area contributed by atoms with Crippen LogP contribution in [0.5, 0.6) is 17.4 Å². The quantitative estimate of drug-likeness (QED) is 0.136. The number of pyridine rings is 1. The molecule has 2 heterocycles. The van der Waals surface area contributed by atoms with Gasteiger partial charge in [0.05, 0.1) is 34.1 Å².